The molecule has 2 nitrogen and oxygen atoms in total. The third-order valence-corrected chi connectivity index (χ3v) is 3.77. The predicted molar refractivity (Wildman–Crippen MR) is 95.4 cm³/mol. The summed E-state index contributed by atoms with van der Waals surface area (Å²) < 4.78 is 0. The molecule has 0 heterocycles. The van der Waals surface area contributed by atoms with Gasteiger partial charge in [0.1, 0.15) is 0 Å². The molecule has 110 valence electrons. The first-order valence-corrected chi connectivity index (χ1v) is 7.49. The number of aryl methyl sites for hydroxylation is 1. The number of anilines is 4. The minimum atomic E-state index is 1.15. The van der Waals surface area contributed by atoms with Crippen molar-refractivity contribution in [2.24, 2.45) is 0 Å². The second-order valence-corrected chi connectivity index (χ2v) is 5.23. The fraction of sp³-hybridized carbons (Fsp3) is 0.100. The summed E-state index contributed by atoms with van der Waals surface area (Å²) in [7, 11) is 1.97. The molecule has 0 fully saturated rings. The van der Waals surface area contributed by atoms with Crippen LogP contribution >= 0.6 is 0 Å². The molecule has 0 aliphatic heterocycles. The maximum atomic E-state index is 3.34. The molecular formula is C20H20N2. The molecule has 0 saturated carbocycles. The molecule has 0 atom stereocenters. The van der Waals surface area contributed by atoms with E-state index in [0.717, 1.165) is 22.7 Å². The summed E-state index contributed by atoms with van der Waals surface area (Å²) >= 11 is 0. The van der Waals surface area contributed by atoms with Crippen molar-refractivity contribution >= 4 is 22.7 Å². The molecule has 0 aromatic heterocycles. The molecule has 0 unspecified atom stereocenters. The van der Waals surface area contributed by atoms with Gasteiger partial charge in [-0.3, -0.25) is 0 Å². The zero-order chi connectivity index (χ0) is 15.4. The largest absolute Gasteiger partial charge is 0.386 e. The highest BCUT2D eigenvalue weighted by molar-refractivity contribution is 5.85. The Morgan fingerprint density at radius 1 is 0.682 bits per heavy atom. The van der Waals surface area contributed by atoms with E-state index in [-0.39, 0.29) is 0 Å². The van der Waals surface area contributed by atoms with Gasteiger partial charge in [-0.05, 0) is 42.8 Å². The van der Waals surface area contributed by atoms with Crippen molar-refractivity contribution in [3.05, 3.63) is 84.4 Å². The van der Waals surface area contributed by atoms with Crippen LogP contribution in [0.2, 0.25) is 0 Å². The van der Waals surface area contributed by atoms with Gasteiger partial charge in [-0.2, -0.15) is 0 Å². The molecular weight excluding hydrogens is 268 g/mol. The minimum Gasteiger partial charge on any atom is -0.386 e. The summed E-state index contributed by atoms with van der Waals surface area (Å²) in [5, 5.41) is 3.34. The van der Waals surface area contributed by atoms with Crippen LogP contribution in [0.1, 0.15) is 5.56 Å². The first-order chi connectivity index (χ1) is 10.8. The lowest BCUT2D eigenvalue weighted by Gasteiger charge is -2.28. The lowest BCUT2D eigenvalue weighted by atomic mass is 10.1. The average Bonchev–Trinajstić information content (AvgIpc) is 2.57. The van der Waals surface area contributed by atoms with Crippen LogP contribution in [0.5, 0.6) is 0 Å². The first kappa shape index (κ1) is 14.2. The van der Waals surface area contributed by atoms with Gasteiger partial charge in [0.15, 0.2) is 0 Å². The van der Waals surface area contributed by atoms with Gasteiger partial charge in [0.25, 0.3) is 0 Å². The van der Waals surface area contributed by atoms with E-state index in [0.29, 0.717) is 0 Å². The fourth-order valence-corrected chi connectivity index (χ4v) is 2.75. The van der Waals surface area contributed by atoms with E-state index in [1.807, 2.05) is 19.2 Å². The van der Waals surface area contributed by atoms with Crippen LogP contribution in [0.25, 0.3) is 0 Å². The molecule has 2 heteroatoms. The Kier molecular flexibility index (Phi) is 4.10. The van der Waals surface area contributed by atoms with Gasteiger partial charge in [-0.15, -0.1) is 0 Å². The normalized spacial score (nSPS) is 10.3. The lowest BCUT2D eigenvalue weighted by Crippen LogP contribution is -2.12. The van der Waals surface area contributed by atoms with Gasteiger partial charge in [0.05, 0.1) is 11.4 Å². The molecule has 0 radical (unpaired) electrons. The Morgan fingerprint density at radius 2 is 1.23 bits per heavy atom. The molecule has 3 aromatic rings. The Labute approximate surface area is 132 Å². The van der Waals surface area contributed by atoms with Crippen LogP contribution in [-0.4, -0.2) is 7.05 Å². The molecule has 0 amide bonds. The Bertz CT molecular complexity index is 697. The van der Waals surface area contributed by atoms with Gasteiger partial charge < -0.3 is 10.2 Å². The molecule has 0 bridgehead atoms. The maximum Gasteiger partial charge on any atom is 0.0695 e. The Hall–Kier alpha value is -2.74. The number of rotatable bonds is 4. The van der Waals surface area contributed by atoms with Crippen LogP contribution in [0.15, 0.2) is 78.9 Å². The Balaban J connectivity index is 2.21. The summed E-state index contributed by atoms with van der Waals surface area (Å²) in [6.07, 6.45) is 0. The molecule has 0 saturated heterocycles. The topological polar surface area (TPSA) is 15.3 Å². The maximum absolute atomic E-state index is 3.34. The number of hydrogen-bond acceptors (Lipinski definition) is 2. The van der Waals surface area contributed by atoms with Crippen molar-refractivity contribution in [2.75, 3.05) is 17.3 Å². The summed E-state index contributed by atoms with van der Waals surface area (Å²) in [6, 6.07) is 27.3. The lowest BCUT2D eigenvalue weighted by molar-refractivity contribution is 1.26. The second kappa shape index (κ2) is 6.35. The van der Waals surface area contributed by atoms with E-state index >= 15 is 0 Å². The monoisotopic (exact) mass is 288 g/mol. The quantitative estimate of drug-likeness (QED) is 0.681. The fourth-order valence-electron chi connectivity index (χ4n) is 2.75. The van der Waals surface area contributed by atoms with Crippen molar-refractivity contribution in [3.63, 3.8) is 0 Å². The predicted octanol–water partition coefficient (Wildman–Crippen LogP) is 5.51. The van der Waals surface area contributed by atoms with Crippen molar-refractivity contribution in [3.8, 4) is 0 Å². The molecule has 3 aromatic carbocycles. The Morgan fingerprint density at radius 3 is 1.73 bits per heavy atom. The molecule has 0 aliphatic rings. The number of para-hydroxylation sites is 3. The standard InChI is InChI=1S/C20H20N2/c1-16-10-9-15-19(20(16)21-2)22(17-11-5-3-6-12-17)18-13-7-4-8-14-18/h3-15,21H,1-2H3. The smallest absolute Gasteiger partial charge is 0.0695 e. The zero-order valence-corrected chi connectivity index (χ0v) is 13.0. The van der Waals surface area contributed by atoms with Crippen LogP contribution in [0.4, 0.5) is 22.7 Å². The van der Waals surface area contributed by atoms with Gasteiger partial charge in [0.2, 0.25) is 0 Å². The number of benzene rings is 3. The molecule has 0 spiro atoms. The number of nitrogens with zero attached hydrogens (tertiary/aromatic N) is 1. The summed E-state index contributed by atoms with van der Waals surface area (Å²) in [5.74, 6) is 0. The van der Waals surface area contributed by atoms with E-state index in [4.69, 9.17) is 0 Å². The molecule has 0 aliphatic carbocycles. The number of nitrogens with one attached hydrogen (secondary N) is 1. The average molecular weight is 288 g/mol. The highest BCUT2D eigenvalue weighted by Crippen LogP contribution is 2.39. The highest BCUT2D eigenvalue weighted by Gasteiger charge is 2.15. The van der Waals surface area contributed by atoms with E-state index in [2.05, 4.69) is 83.9 Å². The molecule has 22 heavy (non-hydrogen) atoms. The van der Waals surface area contributed by atoms with Crippen molar-refractivity contribution in [2.45, 2.75) is 6.92 Å². The third-order valence-electron chi connectivity index (χ3n) is 3.77. The zero-order valence-electron chi connectivity index (χ0n) is 13.0. The van der Waals surface area contributed by atoms with Crippen molar-refractivity contribution in [1.29, 1.82) is 0 Å². The second-order valence-electron chi connectivity index (χ2n) is 5.23. The van der Waals surface area contributed by atoms with Gasteiger partial charge in [-0.1, -0.05) is 48.5 Å². The van der Waals surface area contributed by atoms with Crippen LogP contribution in [-0.2, 0) is 0 Å². The summed E-state index contributed by atoms with van der Waals surface area (Å²) in [4.78, 5) is 2.28. The summed E-state index contributed by atoms with van der Waals surface area (Å²) in [6.45, 7) is 2.13. The van der Waals surface area contributed by atoms with Crippen LogP contribution < -0.4 is 10.2 Å². The van der Waals surface area contributed by atoms with Crippen molar-refractivity contribution < 1.29 is 0 Å². The van der Waals surface area contributed by atoms with E-state index in [1.165, 1.54) is 5.56 Å². The van der Waals surface area contributed by atoms with Gasteiger partial charge in [0, 0.05) is 18.4 Å². The highest BCUT2D eigenvalue weighted by atomic mass is 15.2. The van der Waals surface area contributed by atoms with Gasteiger partial charge in [-0.25, -0.2) is 0 Å². The van der Waals surface area contributed by atoms with E-state index < -0.39 is 0 Å². The van der Waals surface area contributed by atoms with Gasteiger partial charge >= 0.3 is 0 Å². The SMILES string of the molecule is CNc1c(C)cccc1N(c1ccccc1)c1ccccc1. The first-order valence-electron chi connectivity index (χ1n) is 7.49. The third kappa shape index (κ3) is 2.68. The van der Waals surface area contributed by atoms with E-state index in [9.17, 15) is 0 Å². The molecule has 3 rings (SSSR count). The van der Waals surface area contributed by atoms with E-state index in [1.54, 1.807) is 0 Å². The molecule has 1 N–H and O–H groups in total. The summed E-state index contributed by atoms with van der Waals surface area (Å²) in [5.41, 5.74) is 5.83. The minimum absolute atomic E-state index is 1.15. The number of hydrogen-bond donors (Lipinski definition) is 1. The van der Waals surface area contributed by atoms with Crippen LogP contribution in [0.3, 0.4) is 0 Å². The van der Waals surface area contributed by atoms with Crippen LogP contribution in [0, 0.1) is 6.92 Å². The van der Waals surface area contributed by atoms with Crippen molar-refractivity contribution in [1.82, 2.24) is 0 Å².